The second-order valence-electron chi connectivity index (χ2n) is 5.24. The van der Waals surface area contributed by atoms with Crippen LogP contribution in [0.15, 0.2) is 0 Å². The summed E-state index contributed by atoms with van der Waals surface area (Å²) in [5.41, 5.74) is 5.33. The van der Waals surface area contributed by atoms with Gasteiger partial charge in [0.15, 0.2) is 0 Å². The summed E-state index contributed by atoms with van der Waals surface area (Å²) in [4.78, 5) is 11.6. The zero-order chi connectivity index (χ0) is 12.6. The predicted molar refractivity (Wildman–Crippen MR) is 68.5 cm³/mol. The van der Waals surface area contributed by atoms with Crippen LogP contribution in [0.3, 0.4) is 0 Å². The minimum Gasteiger partial charge on any atom is -0.396 e. The first-order chi connectivity index (χ1) is 8.22. The molecule has 1 aliphatic carbocycles. The Morgan fingerprint density at radius 2 is 1.94 bits per heavy atom. The number of aliphatic hydroxyl groups is 1. The molecule has 0 aromatic rings. The lowest BCUT2D eigenvalue weighted by Gasteiger charge is -2.35. The van der Waals surface area contributed by atoms with Crippen molar-refractivity contribution in [3.63, 3.8) is 0 Å². The maximum atomic E-state index is 11.6. The first-order valence-electron chi connectivity index (χ1n) is 6.80. The molecule has 4 heteroatoms. The molecule has 0 heterocycles. The fourth-order valence-corrected chi connectivity index (χ4v) is 2.50. The van der Waals surface area contributed by atoms with Gasteiger partial charge in [-0.05, 0) is 32.2 Å². The molecule has 1 rings (SSSR count). The summed E-state index contributed by atoms with van der Waals surface area (Å²) in [5.74, 6) is 0.0943. The zero-order valence-electron chi connectivity index (χ0n) is 10.7. The van der Waals surface area contributed by atoms with Gasteiger partial charge >= 0.3 is 0 Å². The molecule has 0 atom stereocenters. The summed E-state index contributed by atoms with van der Waals surface area (Å²) < 4.78 is 0. The SMILES string of the molecule is NCCCCC(=O)NCC1(CO)CCCCC1. The molecule has 0 aromatic carbocycles. The molecule has 1 amide bonds. The number of aliphatic hydroxyl groups excluding tert-OH is 1. The number of nitrogens with one attached hydrogen (secondary N) is 1. The van der Waals surface area contributed by atoms with Crippen molar-refractivity contribution in [3.05, 3.63) is 0 Å². The predicted octanol–water partition coefficient (Wildman–Crippen LogP) is 1.17. The van der Waals surface area contributed by atoms with Crippen LogP contribution in [0.4, 0.5) is 0 Å². The van der Waals surface area contributed by atoms with Crippen molar-refractivity contribution in [2.45, 2.75) is 51.4 Å². The van der Waals surface area contributed by atoms with Crippen molar-refractivity contribution in [1.29, 1.82) is 0 Å². The van der Waals surface area contributed by atoms with Gasteiger partial charge in [-0.25, -0.2) is 0 Å². The van der Waals surface area contributed by atoms with Gasteiger partial charge in [0.05, 0.1) is 6.61 Å². The Hall–Kier alpha value is -0.610. The van der Waals surface area contributed by atoms with Crippen LogP contribution in [0.5, 0.6) is 0 Å². The van der Waals surface area contributed by atoms with Crippen molar-refractivity contribution in [2.24, 2.45) is 11.1 Å². The van der Waals surface area contributed by atoms with Gasteiger partial charge in [0.2, 0.25) is 5.91 Å². The third-order valence-corrected chi connectivity index (χ3v) is 3.77. The molecule has 1 fully saturated rings. The summed E-state index contributed by atoms with van der Waals surface area (Å²) in [5, 5.41) is 12.5. The average Bonchev–Trinajstić information content (AvgIpc) is 2.38. The summed E-state index contributed by atoms with van der Waals surface area (Å²) in [7, 11) is 0. The third-order valence-electron chi connectivity index (χ3n) is 3.77. The standard InChI is InChI=1S/C13H26N2O2/c14-9-5-2-6-12(17)15-10-13(11-16)7-3-1-4-8-13/h16H,1-11,14H2,(H,15,17). The second kappa shape index (κ2) is 7.67. The molecule has 100 valence electrons. The minimum atomic E-state index is -0.0538. The van der Waals surface area contributed by atoms with Crippen LogP contribution in [-0.2, 0) is 4.79 Å². The smallest absolute Gasteiger partial charge is 0.220 e. The molecule has 17 heavy (non-hydrogen) atoms. The van der Waals surface area contributed by atoms with E-state index in [9.17, 15) is 9.90 Å². The number of rotatable bonds is 7. The first-order valence-corrected chi connectivity index (χ1v) is 6.80. The maximum Gasteiger partial charge on any atom is 0.220 e. The molecule has 0 saturated heterocycles. The Morgan fingerprint density at radius 3 is 2.53 bits per heavy atom. The molecule has 0 radical (unpaired) electrons. The van der Waals surface area contributed by atoms with Crippen molar-refractivity contribution in [1.82, 2.24) is 5.32 Å². The van der Waals surface area contributed by atoms with Gasteiger partial charge < -0.3 is 16.2 Å². The number of hydrogen-bond donors (Lipinski definition) is 3. The Morgan fingerprint density at radius 1 is 1.24 bits per heavy atom. The van der Waals surface area contributed by atoms with E-state index in [4.69, 9.17) is 5.73 Å². The lowest BCUT2D eigenvalue weighted by molar-refractivity contribution is -0.122. The fraction of sp³-hybridized carbons (Fsp3) is 0.923. The van der Waals surface area contributed by atoms with Gasteiger partial charge in [-0.3, -0.25) is 4.79 Å². The minimum absolute atomic E-state index is 0.0538. The third kappa shape index (κ3) is 5.04. The van der Waals surface area contributed by atoms with Crippen LogP contribution in [0.2, 0.25) is 0 Å². The van der Waals surface area contributed by atoms with E-state index in [1.165, 1.54) is 19.3 Å². The normalized spacial score (nSPS) is 18.9. The van der Waals surface area contributed by atoms with Crippen LogP contribution in [0.1, 0.15) is 51.4 Å². The summed E-state index contributed by atoms with van der Waals surface area (Å²) >= 11 is 0. The van der Waals surface area contributed by atoms with E-state index in [2.05, 4.69) is 5.32 Å². The van der Waals surface area contributed by atoms with Crippen molar-refractivity contribution in [2.75, 3.05) is 19.7 Å². The van der Waals surface area contributed by atoms with E-state index in [1.807, 2.05) is 0 Å². The highest BCUT2D eigenvalue weighted by atomic mass is 16.3. The molecule has 4 nitrogen and oxygen atoms in total. The molecule has 1 saturated carbocycles. The highest BCUT2D eigenvalue weighted by Gasteiger charge is 2.31. The van der Waals surface area contributed by atoms with E-state index in [1.54, 1.807) is 0 Å². The largest absolute Gasteiger partial charge is 0.396 e. The monoisotopic (exact) mass is 242 g/mol. The van der Waals surface area contributed by atoms with Gasteiger partial charge in [-0.2, -0.15) is 0 Å². The highest BCUT2D eigenvalue weighted by Crippen LogP contribution is 2.35. The Balaban J connectivity index is 2.24. The van der Waals surface area contributed by atoms with Crippen LogP contribution in [-0.4, -0.2) is 30.7 Å². The molecule has 0 aromatic heterocycles. The second-order valence-corrected chi connectivity index (χ2v) is 5.24. The van der Waals surface area contributed by atoms with Crippen molar-refractivity contribution >= 4 is 5.91 Å². The van der Waals surface area contributed by atoms with Crippen LogP contribution < -0.4 is 11.1 Å². The van der Waals surface area contributed by atoms with Gasteiger partial charge in [0.1, 0.15) is 0 Å². The molecule has 0 spiro atoms. The Bertz CT molecular complexity index is 225. The summed E-state index contributed by atoms with van der Waals surface area (Å²) in [6, 6.07) is 0. The molecular formula is C13H26N2O2. The fourth-order valence-electron chi connectivity index (χ4n) is 2.50. The van der Waals surface area contributed by atoms with Gasteiger partial charge in [0.25, 0.3) is 0 Å². The molecular weight excluding hydrogens is 216 g/mol. The van der Waals surface area contributed by atoms with Crippen LogP contribution >= 0.6 is 0 Å². The maximum absolute atomic E-state index is 11.6. The lowest BCUT2D eigenvalue weighted by Crippen LogP contribution is -2.41. The highest BCUT2D eigenvalue weighted by molar-refractivity contribution is 5.75. The molecule has 0 bridgehead atoms. The number of carbonyl (C=O) groups is 1. The summed E-state index contributed by atoms with van der Waals surface area (Å²) in [6.45, 7) is 1.47. The van der Waals surface area contributed by atoms with Crippen molar-refractivity contribution < 1.29 is 9.90 Å². The topological polar surface area (TPSA) is 75.4 Å². The van der Waals surface area contributed by atoms with E-state index in [0.29, 0.717) is 19.5 Å². The Kier molecular flexibility index (Phi) is 6.52. The van der Waals surface area contributed by atoms with Crippen LogP contribution in [0.25, 0.3) is 0 Å². The summed E-state index contributed by atoms with van der Waals surface area (Å²) in [6.07, 6.45) is 7.98. The molecule has 0 aliphatic heterocycles. The number of amides is 1. The quantitative estimate of drug-likeness (QED) is 0.587. The van der Waals surface area contributed by atoms with E-state index in [0.717, 1.165) is 25.7 Å². The van der Waals surface area contributed by atoms with E-state index in [-0.39, 0.29) is 17.9 Å². The average molecular weight is 242 g/mol. The van der Waals surface area contributed by atoms with Gasteiger partial charge in [-0.15, -0.1) is 0 Å². The Labute approximate surface area is 104 Å². The molecule has 4 N–H and O–H groups in total. The van der Waals surface area contributed by atoms with Gasteiger partial charge in [0, 0.05) is 18.4 Å². The van der Waals surface area contributed by atoms with E-state index < -0.39 is 0 Å². The number of carbonyl (C=O) groups excluding carboxylic acids is 1. The van der Waals surface area contributed by atoms with Crippen molar-refractivity contribution in [3.8, 4) is 0 Å². The molecule has 0 unspecified atom stereocenters. The zero-order valence-corrected chi connectivity index (χ0v) is 10.7. The number of nitrogens with two attached hydrogens (primary N) is 1. The number of hydrogen-bond acceptors (Lipinski definition) is 3. The molecule has 1 aliphatic rings. The van der Waals surface area contributed by atoms with Gasteiger partial charge in [-0.1, -0.05) is 19.3 Å². The number of unbranched alkanes of at least 4 members (excludes halogenated alkanes) is 1. The lowest BCUT2D eigenvalue weighted by atomic mass is 9.74. The first kappa shape index (κ1) is 14.5. The van der Waals surface area contributed by atoms with E-state index >= 15 is 0 Å². The van der Waals surface area contributed by atoms with Crippen LogP contribution in [0, 0.1) is 5.41 Å².